The number of ether oxygens (including phenoxy) is 3. The van der Waals surface area contributed by atoms with Crippen LogP contribution in [-0.2, 0) is 0 Å². The van der Waals surface area contributed by atoms with Crippen molar-refractivity contribution >= 4 is 0 Å². The van der Waals surface area contributed by atoms with Gasteiger partial charge in [-0.1, -0.05) is 42.5 Å². The highest BCUT2D eigenvalue weighted by Crippen LogP contribution is 2.40. The highest BCUT2D eigenvalue weighted by atomic mass is 16.5. The lowest BCUT2D eigenvalue weighted by Crippen LogP contribution is -1.93. The SMILES string of the molecule is COc1ccccc1-c1cc(-c2ccccc2OC)[o+]c(-c2ccccc2OC)c1. The summed E-state index contributed by atoms with van der Waals surface area (Å²) < 4.78 is 23.1. The van der Waals surface area contributed by atoms with E-state index in [9.17, 15) is 0 Å². The van der Waals surface area contributed by atoms with E-state index < -0.39 is 0 Å². The van der Waals surface area contributed by atoms with Crippen molar-refractivity contribution in [3.63, 3.8) is 0 Å². The Kier molecular flexibility index (Phi) is 5.66. The lowest BCUT2D eigenvalue weighted by atomic mass is 10.0. The first-order valence-corrected chi connectivity index (χ1v) is 9.63. The van der Waals surface area contributed by atoms with Crippen molar-refractivity contribution in [3.8, 4) is 51.0 Å². The highest BCUT2D eigenvalue weighted by Gasteiger charge is 2.25. The Labute approximate surface area is 176 Å². The van der Waals surface area contributed by atoms with E-state index in [0.29, 0.717) is 11.5 Å². The van der Waals surface area contributed by atoms with Crippen LogP contribution in [0.3, 0.4) is 0 Å². The van der Waals surface area contributed by atoms with Crippen molar-refractivity contribution in [2.75, 3.05) is 21.3 Å². The molecule has 0 saturated carbocycles. The molecule has 0 amide bonds. The van der Waals surface area contributed by atoms with Crippen LogP contribution in [0.15, 0.2) is 89.3 Å². The molecule has 0 atom stereocenters. The summed E-state index contributed by atoms with van der Waals surface area (Å²) >= 11 is 0. The second-order valence-corrected chi connectivity index (χ2v) is 6.68. The summed E-state index contributed by atoms with van der Waals surface area (Å²) in [7, 11) is 4.99. The maximum absolute atomic E-state index is 6.37. The van der Waals surface area contributed by atoms with Crippen LogP contribution in [0.4, 0.5) is 0 Å². The van der Waals surface area contributed by atoms with Crippen LogP contribution in [0.5, 0.6) is 17.2 Å². The molecule has 0 unspecified atom stereocenters. The number of benzene rings is 3. The van der Waals surface area contributed by atoms with E-state index in [4.69, 9.17) is 18.6 Å². The van der Waals surface area contributed by atoms with Gasteiger partial charge in [-0.3, -0.25) is 0 Å². The van der Waals surface area contributed by atoms with E-state index in [1.54, 1.807) is 21.3 Å². The topological polar surface area (TPSA) is 39.0 Å². The quantitative estimate of drug-likeness (QED) is 0.343. The standard InChI is InChI=1S/C26H23O4/c1-27-22-13-7-4-10-19(22)18-16-25(20-11-5-8-14-23(20)28-2)30-26(17-18)21-12-6-9-15-24(21)29-3/h4-17H,1-3H3/q+1. The van der Waals surface area contributed by atoms with Crippen molar-refractivity contribution < 1.29 is 18.6 Å². The van der Waals surface area contributed by atoms with Gasteiger partial charge in [0.25, 0.3) is 0 Å². The average Bonchev–Trinajstić information content (AvgIpc) is 2.83. The lowest BCUT2D eigenvalue weighted by molar-refractivity contribution is 0.412. The van der Waals surface area contributed by atoms with Gasteiger partial charge in [0.05, 0.1) is 33.5 Å². The van der Waals surface area contributed by atoms with Crippen molar-refractivity contribution in [1.82, 2.24) is 0 Å². The number of methoxy groups -OCH3 is 3. The number of hydrogen-bond acceptors (Lipinski definition) is 3. The predicted octanol–water partition coefficient (Wildman–Crippen LogP) is 6.59. The Morgan fingerprint density at radius 1 is 0.500 bits per heavy atom. The van der Waals surface area contributed by atoms with Crippen LogP contribution in [0.25, 0.3) is 33.8 Å². The van der Waals surface area contributed by atoms with Crippen molar-refractivity contribution in [1.29, 1.82) is 0 Å². The van der Waals surface area contributed by atoms with Gasteiger partial charge < -0.3 is 14.2 Å². The highest BCUT2D eigenvalue weighted by molar-refractivity contribution is 5.80. The van der Waals surface area contributed by atoms with Gasteiger partial charge in [0.1, 0.15) is 28.4 Å². The molecule has 0 aliphatic carbocycles. The maximum Gasteiger partial charge on any atom is 0.365 e. The summed E-state index contributed by atoms with van der Waals surface area (Å²) in [6.07, 6.45) is 0. The molecule has 0 radical (unpaired) electrons. The Balaban J connectivity index is 2.00. The first-order valence-electron chi connectivity index (χ1n) is 9.63. The molecule has 0 aliphatic heterocycles. The van der Waals surface area contributed by atoms with Crippen LogP contribution in [0.2, 0.25) is 0 Å². The molecular weight excluding hydrogens is 376 g/mol. The fourth-order valence-electron chi connectivity index (χ4n) is 3.50. The normalized spacial score (nSPS) is 10.5. The van der Waals surface area contributed by atoms with Crippen molar-refractivity contribution in [2.45, 2.75) is 0 Å². The Morgan fingerprint density at radius 3 is 1.30 bits per heavy atom. The Hall–Kier alpha value is -3.79. The molecular formula is C26H23O4+. The van der Waals surface area contributed by atoms with Gasteiger partial charge in [-0.25, -0.2) is 4.42 Å². The minimum Gasteiger partial charge on any atom is -0.496 e. The summed E-state index contributed by atoms with van der Waals surface area (Å²) in [5, 5.41) is 0. The van der Waals surface area contributed by atoms with Crippen LogP contribution < -0.4 is 14.2 Å². The molecule has 1 aromatic heterocycles. The number of hydrogen-bond donors (Lipinski definition) is 0. The molecule has 0 spiro atoms. The zero-order chi connectivity index (χ0) is 20.9. The second kappa shape index (κ2) is 8.70. The minimum atomic E-state index is 0.691. The largest absolute Gasteiger partial charge is 0.496 e. The van der Waals surface area contributed by atoms with Gasteiger partial charge in [0.15, 0.2) is 0 Å². The second-order valence-electron chi connectivity index (χ2n) is 6.68. The van der Waals surface area contributed by atoms with E-state index in [-0.39, 0.29) is 0 Å². The van der Waals surface area contributed by atoms with E-state index >= 15 is 0 Å². The van der Waals surface area contributed by atoms with Gasteiger partial charge in [-0.2, -0.15) is 0 Å². The van der Waals surface area contributed by atoms with Gasteiger partial charge in [0, 0.05) is 11.1 Å². The summed E-state index contributed by atoms with van der Waals surface area (Å²) in [4.78, 5) is 0. The molecule has 4 nitrogen and oxygen atoms in total. The smallest absolute Gasteiger partial charge is 0.365 e. The molecule has 0 fully saturated rings. The zero-order valence-corrected chi connectivity index (χ0v) is 17.2. The molecule has 3 aromatic carbocycles. The number of rotatable bonds is 6. The molecule has 4 aromatic rings. The molecule has 0 N–H and O–H groups in total. The molecule has 0 saturated heterocycles. The molecule has 4 rings (SSSR count). The molecule has 0 aliphatic rings. The predicted molar refractivity (Wildman–Crippen MR) is 119 cm³/mol. The van der Waals surface area contributed by atoms with E-state index in [1.807, 2.05) is 84.9 Å². The molecule has 4 heteroatoms. The molecule has 1 heterocycles. The third-order valence-corrected chi connectivity index (χ3v) is 4.96. The fourth-order valence-corrected chi connectivity index (χ4v) is 3.50. The molecule has 150 valence electrons. The fraction of sp³-hybridized carbons (Fsp3) is 0.115. The van der Waals surface area contributed by atoms with Crippen LogP contribution in [-0.4, -0.2) is 21.3 Å². The summed E-state index contributed by atoms with van der Waals surface area (Å²) in [5.74, 6) is 3.66. The third-order valence-electron chi connectivity index (χ3n) is 4.96. The Morgan fingerprint density at radius 2 is 0.867 bits per heavy atom. The van der Waals surface area contributed by atoms with Gasteiger partial charge in [0.2, 0.25) is 0 Å². The van der Waals surface area contributed by atoms with Crippen LogP contribution in [0.1, 0.15) is 0 Å². The zero-order valence-electron chi connectivity index (χ0n) is 17.2. The molecule has 0 bridgehead atoms. The summed E-state index contributed by atoms with van der Waals surface area (Å²) in [6.45, 7) is 0. The molecule has 30 heavy (non-hydrogen) atoms. The number of para-hydroxylation sites is 3. The first kappa shape index (κ1) is 19.5. The van der Waals surface area contributed by atoms with Gasteiger partial charge in [-0.15, -0.1) is 0 Å². The lowest BCUT2D eigenvalue weighted by Gasteiger charge is -2.09. The van der Waals surface area contributed by atoms with Gasteiger partial charge >= 0.3 is 11.5 Å². The van der Waals surface area contributed by atoms with E-state index in [0.717, 1.165) is 39.5 Å². The van der Waals surface area contributed by atoms with Crippen LogP contribution in [0, 0.1) is 0 Å². The first-order chi connectivity index (χ1) is 14.7. The monoisotopic (exact) mass is 399 g/mol. The Bertz CT molecular complexity index is 1010. The summed E-state index contributed by atoms with van der Waals surface area (Å²) in [6, 6.07) is 27.6. The van der Waals surface area contributed by atoms with E-state index in [2.05, 4.69) is 0 Å². The maximum atomic E-state index is 6.37. The van der Waals surface area contributed by atoms with Crippen molar-refractivity contribution in [2.24, 2.45) is 0 Å². The third kappa shape index (κ3) is 3.72. The van der Waals surface area contributed by atoms with Gasteiger partial charge in [-0.05, 0) is 30.3 Å². The van der Waals surface area contributed by atoms with Crippen molar-refractivity contribution in [3.05, 3.63) is 84.9 Å². The minimum absolute atomic E-state index is 0.691. The van der Waals surface area contributed by atoms with Crippen LogP contribution >= 0.6 is 0 Å². The average molecular weight is 399 g/mol. The summed E-state index contributed by atoms with van der Waals surface area (Å²) in [5.41, 5.74) is 3.68. The van der Waals surface area contributed by atoms with E-state index in [1.165, 1.54) is 0 Å².